The van der Waals surface area contributed by atoms with Crippen LogP contribution in [0.15, 0.2) is 46.0 Å². The van der Waals surface area contributed by atoms with Crippen LogP contribution in [0.25, 0.3) is 0 Å². The van der Waals surface area contributed by atoms with Crippen LogP contribution < -0.4 is 10.1 Å². The second-order valence-corrected chi connectivity index (χ2v) is 11.1. The molecular weight excluding hydrogens is 408 g/mol. The number of thiophene rings is 1. The first kappa shape index (κ1) is 20.4. The smallest absolute Gasteiger partial charge is 0.252 e. The molecule has 0 spiro atoms. The number of nitrogens with zero attached hydrogens (tertiary/aromatic N) is 1. The lowest BCUT2D eigenvalue weighted by Crippen LogP contribution is -2.57. The van der Waals surface area contributed by atoms with Crippen LogP contribution in [0, 0.1) is 11.8 Å². The normalized spacial score (nSPS) is 24.6. The number of carbonyl (C=O) groups excluding carboxylic acids is 1. The summed E-state index contributed by atoms with van der Waals surface area (Å²) >= 11 is 1.23. The molecule has 3 aliphatic rings. The van der Waals surface area contributed by atoms with E-state index in [-0.39, 0.29) is 29.9 Å². The molecule has 2 bridgehead atoms. The van der Waals surface area contributed by atoms with Gasteiger partial charge < -0.3 is 10.1 Å². The minimum Gasteiger partial charge on any atom is -0.491 e. The number of rotatable bonds is 6. The van der Waals surface area contributed by atoms with E-state index in [0.717, 1.165) is 25.0 Å². The monoisotopic (exact) mass is 434 g/mol. The molecule has 29 heavy (non-hydrogen) atoms. The van der Waals surface area contributed by atoms with Crippen LogP contribution in [0.5, 0.6) is 5.75 Å². The van der Waals surface area contributed by atoms with Crippen molar-refractivity contribution in [2.45, 2.75) is 49.5 Å². The van der Waals surface area contributed by atoms with Gasteiger partial charge in [0.1, 0.15) is 9.96 Å². The summed E-state index contributed by atoms with van der Waals surface area (Å²) in [5, 5.41) is 4.74. The first-order valence-electron chi connectivity index (χ1n) is 9.97. The van der Waals surface area contributed by atoms with Gasteiger partial charge in [0.05, 0.1) is 12.0 Å². The molecule has 6 nitrogen and oxygen atoms in total. The molecule has 1 aromatic carbocycles. The number of amides is 1. The number of piperidine rings is 2. The predicted molar refractivity (Wildman–Crippen MR) is 114 cm³/mol. The van der Waals surface area contributed by atoms with Crippen LogP contribution in [0.4, 0.5) is 5.69 Å². The third-order valence-corrected chi connectivity index (χ3v) is 8.88. The number of carbonyl (C=O) groups is 1. The Bertz CT molecular complexity index is 955. The lowest BCUT2D eigenvalue weighted by Gasteiger charge is -2.48. The Morgan fingerprint density at radius 2 is 1.97 bits per heavy atom. The van der Waals surface area contributed by atoms with Crippen molar-refractivity contribution in [3.63, 3.8) is 0 Å². The zero-order chi connectivity index (χ0) is 20.6. The molecule has 2 aliphatic heterocycles. The minimum atomic E-state index is -3.55. The van der Waals surface area contributed by atoms with Crippen LogP contribution in [0.2, 0.25) is 0 Å². The van der Waals surface area contributed by atoms with Crippen LogP contribution in [-0.4, -0.2) is 37.3 Å². The van der Waals surface area contributed by atoms with Gasteiger partial charge >= 0.3 is 0 Å². The zero-order valence-corrected chi connectivity index (χ0v) is 18.2. The van der Waals surface area contributed by atoms with E-state index in [1.54, 1.807) is 21.8 Å². The summed E-state index contributed by atoms with van der Waals surface area (Å²) < 4.78 is 33.7. The summed E-state index contributed by atoms with van der Waals surface area (Å²) in [6.45, 7) is 4.43. The average Bonchev–Trinajstić information content (AvgIpc) is 3.25. The number of ether oxygens (including phenoxy) is 1. The number of nitrogens with one attached hydrogen (secondary N) is 1. The lowest BCUT2D eigenvalue weighted by molar-refractivity contribution is -0.125. The van der Waals surface area contributed by atoms with E-state index < -0.39 is 10.0 Å². The van der Waals surface area contributed by atoms with Crippen molar-refractivity contribution in [1.29, 1.82) is 0 Å². The number of sulfonamides is 1. The topological polar surface area (TPSA) is 75.7 Å². The molecule has 1 saturated carbocycles. The second kappa shape index (κ2) is 8.08. The summed E-state index contributed by atoms with van der Waals surface area (Å²) in [5.74, 6) is 0.544. The standard InChI is InChI=1S/C21H26N2O4S2/c1-14(2)27-17-8-6-16(7-9-17)22-21(24)18-12-15-5-10-19(18)23(13-15)29(25,26)20-4-3-11-28-20/h3-4,6-9,11,14-15,18-19H,5,10,12-13H2,1-2H3,(H,22,24)/t15-,18+,19+/m0/s1. The highest BCUT2D eigenvalue weighted by atomic mass is 32.2. The Kier molecular flexibility index (Phi) is 5.68. The van der Waals surface area contributed by atoms with Gasteiger partial charge in [-0.3, -0.25) is 4.79 Å². The highest BCUT2D eigenvalue weighted by Gasteiger charge is 2.48. The molecule has 1 amide bonds. The van der Waals surface area contributed by atoms with Gasteiger partial charge in [0.15, 0.2) is 0 Å². The quantitative estimate of drug-likeness (QED) is 0.747. The van der Waals surface area contributed by atoms with E-state index in [9.17, 15) is 13.2 Å². The second-order valence-electron chi connectivity index (χ2n) is 8.04. The van der Waals surface area contributed by atoms with E-state index in [1.165, 1.54) is 11.3 Å². The number of fused-ring (bicyclic) bond motifs is 3. The van der Waals surface area contributed by atoms with Crippen LogP contribution in [0.3, 0.4) is 0 Å². The molecule has 2 aromatic rings. The third-order valence-electron chi connectivity index (χ3n) is 5.62. The van der Waals surface area contributed by atoms with Crippen molar-refractivity contribution >= 4 is 33.0 Å². The molecule has 0 radical (unpaired) electrons. The van der Waals surface area contributed by atoms with Gasteiger partial charge in [-0.05, 0) is 74.7 Å². The van der Waals surface area contributed by atoms with Gasteiger partial charge in [-0.1, -0.05) is 6.07 Å². The van der Waals surface area contributed by atoms with E-state index in [4.69, 9.17) is 4.74 Å². The van der Waals surface area contributed by atoms with Crippen LogP contribution >= 0.6 is 11.3 Å². The van der Waals surface area contributed by atoms with Gasteiger partial charge in [-0.25, -0.2) is 8.42 Å². The summed E-state index contributed by atoms with van der Waals surface area (Å²) in [6, 6.07) is 10.4. The number of hydrogen-bond donors (Lipinski definition) is 1. The van der Waals surface area contributed by atoms with E-state index in [1.807, 2.05) is 38.1 Å². The summed E-state index contributed by atoms with van der Waals surface area (Å²) in [4.78, 5) is 13.0. The lowest BCUT2D eigenvalue weighted by atomic mass is 9.73. The molecule has 8 heteroatoms. The number of hydrogen-bond acceptors (Lipinski definition) is 5. The highest BCUT2D eigenvalue weighted by Crippen LogP contribution is 2.42. The number of benzene rings is 1. The summed E-state index contributed by atoms with van der Waals surface area (Å²) in [5.41, 5.74) is 0.695. The molecule has 3 heterocycles. The molecule has 2 saturated heterocycles. The number of anilines is 1. The van der Waals surface area contributed by atoms with Crippen molar-refractivity contribution in [3.05, 3.63) is 41.8 Å². The van der Waals surface area contributed by atoms with Crippen molar-refractivity contribution in [3.8, 4) is 5.75 Å². The Morgan fingerprint density at radius 3 is 2.59 bits per heavy atom. The molecule has 3 fully saturated rings. The molecule has 3 atom stereocenters. The van der Waals surface area contributed by atoms with E-state index >= 15 is 0 Å². The van der Waals surface area contributed by atoms with Crippen LogP contribution in [0.1, 0.15) is 33.1 Å². The van der Waals surface area contributed by atoms with Gasteiger partial charge in [0.2, 0.25) is 5.91 Å². The highest BCUT2D eigenvalue weighted by molar-refractivity contribution is 7.91. The Balaban J connectivity index is 1.49. The maximum Gasteiger partial charge on any atom is 0.252 e. The van der Waals surface area contributed by atoms with Crippen molar-refractivity contribution < 1.29 is 17.9 Å². The SMILES string of the molecule is CC(C)Oc1ccc(NC(=O)[C@@H]2C[C@@H]3CC[C@H]2N(S(=O)(=O)c2cccs2)C3)cc1. The van der Waals surface area contributed by atoms with Crippen molar-refractivity contribution in [1.82, 2.24) is 4.31 Å². The van der Waals surface area contributed by atoms with E-state index in [2.05, 4.69) is 5.32 Å². The molecule has 1 aromatic heterocycles. The Labute approximate surface area is 175 Å². The van der Waals surface area contributed by atoms with E-state index in [0.29, 0.717) is 16.4 Å². The maximum absolute atomic E-state index is 13.1. The zero-order valence-electron chi connectivity index (χ0n) is 16.6. The van der Waals surface area contributed by atoms with Gasteiger partial charge in [-0.2, -0.15) is 4.31 Å². The van der Waals surface area contributed by atoms with Gasteiger partial charge in [0, 0.05) is 18.3 Å². The average molecular weight is 435 g/mol. The molecule has 1 aliphatic carbocycles. The predicted octanol–water partition coefficient (Wildman–Crippen LogP) is 3.96. The third kappa shape index (κ3) is 4.20. The first-order chi connectivity index (χ1) is 13.8. The molecule has 0 unspecified atom stereocenters. The molecule has 1 N–H and O–H groups in total. The minimum absolute atomic E-state index is 0.0875. The summed E-state index contributed by atoms with van der Waals surface area (Å²) in [7, 11) is -3.55. The Hall–Kier alpha value is -1.90. The first-order valence-corrected chi connectivity index (χ1v) is 12.3. The largest absolute Gasteiger partial charge is 0.491 e. The molecular formula is C21H26N2O4S2. The van der Waals surface area contributed by atoms with Crippen LogP contribution in [-0.2, 0) is 14.8 Å². The maximum atomic E-state index is 13.1. The van der Waals surface area contributed by atoms with Crippen molar-refractivity contribution in [2.75, 3.05) is 11.9 Å². The van der Waals surface area contributed by atoms with Gasteiger partial charge in [0.25, 0.3) is 10.0 Å². The van der Waals surface area contributed by atoms with Crippen molar-refractivity contribution in [2.24, 2.45) is 11.8 Å². The fourth-order valence-corrected chi connectivity index (χ4v) is 7.24. The molecule has 5 rings (SSSR count). The summed E-state index contributed by atoms with van der Waals surface area (Å²) in [6.07, 6.45) is 2.53. The van der Waals surface area contributed by atoms with Gasteiger partial charge in [-0.15, -0.1) is 11.3 Å². The Morgan fingerprint density at radius 1 is 1.21 bits per heavy atom. The molecule has 156 valence electrons. The fourth-order valence-electron chi connectivity index (χ4n) is 4.35. The fraction of sp³-hybridized carbons (Fsp3) is 0.476.